The van der Waals surface area contributed by atoms with Gasteiger partial charge in [-0.3, -0.25) is 0 Å². The van der Waals surface area contributed by atoms with Gasteiger partial charge in [0.15, 0.2) is 5.60 Å². The van der Waals surface area contributed by atoms with Crippen molar-refractivity contribution in [3.8, 4) is 5.75 Å². The minimum atomic E-state index is -2.03. The van der Waals surface area contributed by atoms with Gasteiger partial charge in [0.1, 0.15) is 5.75 Å². The lowest BCUT2D eigenvalue weighted by atomic mass is 9.87. The molecule has 0 bridgehead atoms. The molecule has 4 nitrogen and oxygen atoms in total. The molecule has 128 valence electrons. The predicted molar refractivity (Wildman–Crippen MR) is 97.0 cm³/mol. The molecule has 0 heterocycles. The van der Waals surface area contributed by atoms with Crippen molar-refractivity contribution in [2.24, 2.45) is 0 Å². The van der Waals surface area contributed by atoms with Crippen molar-refractivity contribution in [1.29, 1.82) is 0 Å². The van der Waals surface area contributed by atoms with E-state index >= 15 is 0 Å². The Morgan fingerprint density at radius 3 is 2.40 bits per heavy atom. The van der Waals surface area contributed by atoms with Gasteiger partial charge >= 0.3 is 5.97 Å². The van der Waals surface area contributed by atoms with Crippen molar-refractivity contribution in [2.45, 2.75) is 12.0 Å². The first-order valence-electron chi connectivity index (χ1n) is 7.83. The van der Waals surface area contributed by atoms with Gasteiger partial charge in [0, 0.05) is 17.0 Å². The van der Waals surface area contributed by atoms with Crippen molar-refractivity contribution >= 4 is 28.3 Å². The molecule has 1 unspecified atom stereocenters. The number of fused-ring (bicyclic) bond motifs is 1. The van der Waals surface area contributed by atoms with E-state index in [4.69, 9.17) is 16.3 Å². The van der Waals surface area contributed by atoms with E-state index in [-0.39, 0.29) is 13.0 Å². The molecule has 0 aliphatic carbocycles. The van der Waals surface area contributed by atoms with Crippen molar-refractivity contribution in [2.75, 3.05) is 6.61 Å². The summed E-state index contributed by atoms with van der Waals surface area (Å²) >= 11 is 5.82. The van der Waals surface area contributed by atoms with Crippen LogP contribution in [0.1, 0.15) is 12.0 Å². The minimum absolute atomic E-state index is 0.0493. The Kier molecular flexibility index (Phi) is 4.93. The third-order valence-corrected chi connectivity index (χ3v) is 4.39. The van der Waals surface area contributed by atoms with Gasteiger partial charge in [0.05, 0.1) is 6.61 Å². The van der Waals surface area contributed by atoms with Gasteiger partial charge < -0.3 is 14.9 Å². The number of rotatable bonds is 6. The van der Waals surface area contributed by atoms with E-state index < -0.39 is 11.6 Å². The van der Waals surface area contributed by atoms with Crippen LogP contribution in [0.25, 0.3) is 10.8 Å². The molecule has 0 saturated heterocycles. The molecular formula is C20H17ClO4. The van der Waals surface area contributed by atoms with Crippen molar-refractivity contribution in [3.63, 3.8) is 0 Å². The summed E-state index contributed by atoms with van der Waals surface area (Å²) in [6.07, 6.45) is -0.0844. The highest BCUT2D eigenvalue weighted by atomic mass is 35.5. The fraction of sp³-hybridized carbons (Fsp3) is 0.150. The standard InChI is InChI=1S/C20H17ClO4/c21-15-8-10-16(11-9-15)25-13-12-20(24,19(22)23)18-7-3-5-14-4-1-2-6-17(14)18/h1-11,24H,12-13H2,(H,22,23). The molecule has 0 fully saturated rings. The summed E-state index contributed by atoms with van der Waals surface area (Å²) in [6, 6.07) is 19.4. The zero-order chi connectivity index (χ0) is 17.9. The van der Waals surface area contributed by atoms with E-state index in [2.05, 4.69) is 0 Å². The van der Waals surface area contributed by atoms with Crippen LogP contribution in [0.4, 0.5) is 0 Å². The number of benzene rings is 3. The summed E-state index contributed by atoms with van der Waals surface area (Å²) in [4.78, 5) is 11.8. The first kappa shape index (κ1) is 17.3. The maximum absolute atomic E-state index is 11.8. The number of hydrogen-bond donors (Lipinski definition) is 2. The highest BCUT2D eigenvalue weighted by molar-refractivity contribution is 6.30. The van der Waals surface area contributed by atoms with Crippen LogP contribution in [0, 0.1) is 0 Å². The third kappa shape index (κ3) is 3.60. The van der Waals surface area contributed by atoms with Gasteiger partial charge in [-0.2, -0.15) is 0 Å². The third-order valence-electron chi connectivity index (χ3n) is 4.14. The normalized spacial score (nSPS) is 13.4. The number of halogens is 1. The number of aliphatic hydroxyl groups is 1. The smallest absolute Gasteiger partial charge is 0.340 e. The Bertz CT molecular complexity index is 886. The van der Waals surface area contributed by atoms with E-state index in [1.165, 1.54) is 0 Å². The van der Waals surface area contributed by atoms with Crippen molar-refractivity contribution in [1.82, 2.24) is 0 Å². The van der Waals surface area contributed by atoms with Crippen LogP contribution >= 0.6 is 11.6 Å². The molecule has 0 amide bonds. The maximum atomic E-state index is 11.8. The summed E-state index contributed by atoms with van der Waals surface area (Å²) < 4.78 is 5.56. The second-order valence-electron chi connectivity index (χ2n) is 5.74. The molecule has 1 atom stereocenters. The maximum Gasteiger partial charge on any atom is 0.340 e. The topological polar surface area (TPSA) is 66.8 Å². The van der Waals surface area contributed by atoms with Crippen LogP contribution in [0.2, 0.25) is 5.02 Å². The van der Waals surface area contributed by atoms with Crippen LogP contribution in [-0.2, 0) is 10.4 Å². The van der Waals surface area contributed by atoms with Crippen molar-refractivity contribution in [3.05, 3.63) is 77.3 Å². The summed E-state index contributed by atoms with van der Waals surface area (Å²) in [6.45, 7) is 0.0493. The van der Waals surface area contributed by atoms with Gasteiger partial charge in [-0.15, -0.1) is 0 Å². The molecule has 0 aromatic heterocycles. The predicted octanol–water partition coefficient (Wildman–Crippen LogP) is 4.23. The summed E-state index contributed by atoms with van der Waals surface area (Å²) in [5.74, 6) is -0.737. The molecule has 3 aromatic rings. The average molecular weight is 357 g/mol. The lowest BCUT2D eigenvalue weighted by Crippen LogP contribution is -2.37. The second-order valence-corrected chi connectivity index (χ2v) is 6.18. The molecule has 0 aliphatic heterocycles. The average Bonchev–Trinajstić information content (AvgIpc) is 2.62. The molecular weight excluding hydrogens is 340 g/mol. The molecule has 2 N–H and O–H groups in total. The minimum Gasteiger partial charge on any atom is -0.493 e. The van der Waals surface area contributed by atoms with Gasteiger partial charge in [0.2, 0.25) is 0 Å². The van der Waals surface area contributed by atoms with E-state index in [0.29, 0.717) is 21.7 Å². The number of carboxylic acids is 1. The quantitative estimate of drug-likeness (QED) is 0.693. The number of aliphatic carboxylic acids is 1. The first-order valence-corrected chi connectivity index (χ1v) is 8.21. The van der Waals surface area contributed by atoms with Crippen LogP contribution in [0.3, 0.4) is 0 Å². The Labute approximate surface area is 150 Å². The van der Waals surface area contributed by atoms with E-state index in [1.807, 2.05) is 24.3 Å². The highest BCUT2D eigenvalue weighted by Crippen LogP contribution is 2.32. The molecule has 5 heteroatoms. The Balaban J connectivity index is 1.85. The highest BCUT2D eigenvalue weighted by Gasteiger charge is 2.39. The van der Waals surface area contributed by atoms with E-state index in [0.717, 1.165) is 5.39 Å². The fourth-order valence-electron chi connectivity index (χ4n) is 2.79. The number of ether oxygens (including phenoxy) is 1. The zero-order valence-corrected chi connectivity index (χ0v) is 14.1. The summed E-state index contributed by atoms with van der Waals surface area (Å²) in [5.41, 5.74) is -1.68. The van der Waals surface area contributed by atoms with Crippen LogP contribution in [-0.4, -0.2) is 22.8 Å². The van der Waals surface area contributed by atoms with Crippen molar-refractivity contribution < 1.29 is 19.7 Å². The Morgan fingerprint density at radius 2 is 1.68 bits per heavy atom. The van der Waals surface area contributed by atoms with E-state index in [1.54, 1.807) is 42.5 Å². The number of carboxylic acid groups (broad SMARTS) is 1. The number of hydrogen-bond acceptors (Lipinski definition) is 3. The van der Waals surface area contributed by atoms with Gasteiger partial charge in [0.25, 0.3) is 0 Å². The lowest BCUT2D eigenvalue weighted by Gasteiger charge is -2.25. The molecule has 0 spiro atoms. The second kappa shape index (κ2) is 7.13. The molecule has 0 saturated carbocycles. The summed E-state index contributed by atoms with van der Waals surface area (Å²) in [5, 5.41) is 22.7. The van der Waals surface area contributed by atoms with E-state index in [9.17, 15) is 15.0 Å². The monoisotopic (exact) mass is 356 g/mol. The zero-order valence-electron chi connectivity index (χ0n) is 13.4. The lowest BCUT2D eigenvalue weighted by molar-refractivity contribution is -0.161. The SMILES string of the molecule is O=C(O)C(O)(CCOc1ccc(Cl)cc1)c1cccc2ccccc12. The first-order chi connectivity index (χ1) is 12.0. The van der Waals surface area contributed by atoms with Crippen LogP contribution in [0.15, 0.2) is 66.7 Å². The number of carbonyl (C=O) groups is 1. The van der Waals surface area contributed by atoms with Gasteiger partial charge in [-0.1, -0.05) is 54.1 Å². The largest absolute Gasteiger partial charge is 0.493 e. The Morgan fingerprint density at radius 1 is 1.00 bits per heavy atom. The fourth-order valence-corrected chi connectivity index (χ4v) is 2.92. The van der Waals surface area contributed by atoms with Crippen LogP contribution in [0.5, 0.6) is 5.75 Å². The molecule has 3 rings (SSSR count). The Hall–Kier alpha value is -2.56. The molecule has 25 heavy (non-hydrogen) atoms. The molecule has 0 radical (unpaired) electrons. The van der Waals surface area contributed by atoms with Gasteiger partial charge in [-0.05, 0) is 35.0 Å². The summed E-state index contributed by atoms with van der Waals surface area (Å²) in [7, 11) is 0. The van der Waals surface area contributed by atoms with Crippen LogP contribution < -0.4 is 4.74 Å². The molecule has 3 aromatic carbocycles. The molecule has 0 aliphatic rings. The van der Waals surface area contributed by atoms with Gasteiger partial charge in [-0.25, -0.2) is 4.79 Å².